The van der Waals surface area contributed by atoms with Crippen LogP contribution in [0.3, 0.4) is 0 Å². The fourth-order valence-corrected chi connectivity index (χ4v) is 4.56. The molecule has 2 heterocycles. The van der Waals surface area contributed by atoms with Gasteiger partial charge >= 0.3 is 23.9 Å². The predicted octanol–water partition coefficient (Wildman–Crippen LogP) is 0.0775. The average molecular weight is 476 g/mol. The van der Waals surface area contributed by atoms with Gasteiger partial charge < -0.3 is 23.7 Å². The topological polar surface area (TPSA) is 135 Å². The number of hydrogen-bond acceptors (Lipinski definition) is 12. The van der Waals surface area contributed by atoms with Gasteiger partial charge in [0.25, 0.3) is 0 Å². The molecule has 180 valence electrons. The molecule has 5 atom stereocenters. The lowest BCUT2D eigenvalue weighted by Crippen LogP contribution is -2.64. The fraction of sp³-hybridized carbons (Fsp3) is 0.750. The summed E-state index contributed by atoms with van der Waals surface area (Å²) in [6, 6.07) is 0. The summed E-state index contributed by atoms with van der Waals surface area (Å²) in [7, 11) is 0. The van der Waals surface area contributed by atoms with Crippen molar-refractivity contribution < 1.29 is 47.7 Å². The van der Waals surface area contributed by atoms with E-state index >= 15 is 0 Å². The maximum Gasteiger partial charge on any atom is 0.303 e. The molecule has 0 aliphatic carbocycles. The van der Waals surface area contributed by atoms with E-state index < -0.39 is 54.4 Å². The molecule has 0 spiro atoms. The first kappa shape index (κ1) is 26.1. The smallest absolute Gasteiger partial charge is 0.303 e. The number of carbonyl (C=O) groups excluding carboxylic acids is 5. The maximum absolute atomic E-state index is 13.1. The monoisotopic (exact) mass is 475 g/mol. The summed E-state index contributed by atoms with van der Waals surface area (Å²) in [5.41, 5.74) is 0. The molecule has 0 aromatic carbocycles. The Morgan fingerprint density at radius 2 is 1.47 bits per heavy atom. The molecule has 0 aromatic rings. The van der Waals surface area contributed by atoms with Gasteiger partial charge in [-0.3, -0.25) is 28.9 Å². The van der Waals surface area contributed by atoms with Crippen LogP contribution in [0.25, 0.3) is 0 Å². The Morgan fingerprint density at radius 3 is 2.00 bits per heavy atom. The van der Waals surface area contributed by atoms with Gasteiger partial charge in [-0.1, -0.05) is 0 Å². The van der Waals surface area contributed by atoms with Crippen molar-refractivity contribution in [1.29, 1.82) is 0 Å². The highest BCUT2D eigenvalue weighted by molar-refractivity contribution is 7.99. The van der Waals surface area contributed by atoms with Crippen molar-refractivity contribution in [2.45, 2.75) is 64.6 Å². The van der Waals surface area contributed by atoms with E-state index in [0.717, 1.165) is 38.9 Å². The molecule has 0 saturated carbocycles. The van der Waals surface area contributed by atoms with E-state index in [0.29, 0.717) is 6.54 Å². The molecule has 0 unspecified atom stereocenters. The zero-order chi connectivity index (χ0) is 23.8. The molecule has 12 heteroatoms. The number of esters is 4. The van der Waals surface area contributed by atoms with Crippen molar-refractivity contribution in [2.24, 2.45) is 0 Å². The third-order valence-corrected chi connectivity index (χ3v) is 5.83. The standard InChI is InChI=1S/C20H29NO10S/c1-11(22)27-9-16-18(28-12(2)23)20(30-14(4)25)19(29-13(3)24)17(31-16)15(26)5-6-21-7-8-32-10-21/h16-20H,5-10H2,1-4H3/t16-,17-,18-,19+,20+/m1/s1. The van der Waals surface area contributed by atoms with Gasteiger partial charge in [0, 0.05) is 58.8 Å². The van der Waals surface area contributed by atoms with Crippen molar-refractivity contribution in [1.82, 2.24) is 4.90 Å². The number of hydrogen-bond donors (Lipinski definition) is 0. The van der Waals surface area contributed by atoms with E-state index in [9.17, 15) is 24.0 Å². The molecule has 0 radical (unpaired) electrons. The van der Waals surface area contributed by atoms with Gasteiger partial charge in [-0.25, -0.2) is 0 Å². The highest BCUT2D eigenvalue weighted by Crippen LogP contribution is 2.30. The van der Waals surface area contributed by atoms with Crippen molar-refractivity contribution >= 4 is 41.4 Å². The lowest BCUT2D eigenvalue weighted by Gasteiger charge is -2.44. The lowest BCUT2D eigenvalue weighted by molar-refractivity contribution is -0.248. The Bertz CT molecular complexity index is 723. The molecule has 2 saturated heterocycles. The summed E-state index contributed by atoms with van der Waals surface area (Å²) in [5, 5.41) is 0. The van der Waals surface area contributed by atoms with E-state index in [1.165, 1.54) is 6.92 Å². The average Bonchev–Trinajstić information content (AvgIpc) is 3.20. The van der Waals surface area contributed by atoms with Crippen LogP contribution in [-0.4, -0.2) is 96.4 Å². The van der Waals surface area contributed by atoms with Gasteiger partial charge in [0.15, 0.2) is 30.2 Å². The second kappa shape index (κ2) is 12.2. The first-order chi connectivity index (χ1) is 15.1. The predicted molar refractivity (Wildman–Crippen MR) is 110 cm³/mol. The summed E-state index contributed by atoms with van der Waals surface area (Å²) in [5.74, 6) is -1.39. The highest BCUT2D eigenvalue weighted by Gasteiger charge is 2.54. The van der Waals surface area contributed by atoms with Crippen LogP contribution in [0, 0.1) is 0 Å². The second-order valence-electron chi connectivity index (χ2n) is 7.49. The molecule has 2 aliphatic rings. The van der Waals surface area contributed by atoms with Gasteiger partial charge in [0.05, 0.1) is 0 Å². The van der Waals surface area contributed by atoms with E-state index in [4.69, 9.17) is 23.7 Å². The lowest BCUT2D eigenvalue weighted by atomic mass is 9.91. The molecule has 2 rings (SSSR count). The summed E-state index contributed by atoms with van der Waals surface area (Å²) < 4.78 is 26.8. The van der Waals surface area contributed by atoms with Crippen LogP contribution in [0.4, 0.5) is 0 Å². The number of carbonyl (C=O) groups is 5. The highest BCUT2D eigenvalue weighted by atomic mass is 32.2. The summed E-state index contributed by atoms with van der Waals surface area (Å²) >= 11 is 1.76. The molecule has 0 bridgehead atoms. The van der Waals surface area contributed by atoms with E-state index in [-0.39, 0.29) is 18.8 Å². The van der Waals surface area contributed by atoms with Crippen molar-refractivity contribution in [2.75, 3.05) is 31.3 Å². The molecule has 0 amide bonds. The number of ketones is 1. The van der Waals surface area contributed by atoms with Gasteiger partial charge in [-0.2, -0.15) is 0 Å². The normalized spacial score (nSPS) is 27.9. The minimum atomic E-state index is -1.34. The zero-order valence-corrected chi connectivity index (χ0v) is 19.4. The van der Waals surface area contributed by atoms with Crippen LogP contribution in [0.2, 0.25) is 0 Å². The van der Waals surface area contributed by atoms with Crippen LogP contribution in [0.15, 0.2) is 0 Å². The van der Waals surface area contributed by atoms with E-state index in [1.54, 1.807) is 11.8 Å². The van der Waals surface area contributed by atoms with E-state index in [2.05, 4.69) is 4.90 Å². The summed E-state index contributed by atoms with van der Waals surface area (Å²) in [4.78, 5) is 61.8. The van der Waals surface area contributed by atoms with Crippen molar-refractivity contribution in [3.05, 3.63) is 0 Å². The Kier molecular flexibility index (Phi) is 9.91. The number of rotatable bonds is 9. The van der Waals surface area contributed by atoms with Crippen LogP contribution >= 0.6 is 11.8 Å². The Morgan fingerprint density at radius 1 is 0.875 bits per heavy atom. The van der Waals surface area contributed by atoms with Crippen LogP contribution in [0.5, 0.6) is 0 Å². The van der Waals surface area contributed by atoms with Crippen molar-refractivity contribution in [3.8, 4) is 0 Å². The second-order valence-corrected chi connectivity index (χ2v) is 8.57. The quantitative estimate of drug-likeness (QED) is 0.330. The largest absolute Gasteiger partial charge is 0.463 e. The number of ether oxygens (including phenoxy) is 5. The van der Waals surface area contributed by atoms with Crippen LogP contribution in [0.1, 0.15) is 34.1 Å². The zero-order valence-electron chi connectivity index (χ0n) is 18.6. The van der Waals surface area contributed by atoms with Gasteiger partial charge in [-0.15, -0.1) is 11.8 Å². The van der Waals surface area contributed by atoms with Gasteiger partial charge in [-0.05, 0) is 0 Å². The minimum Gasteiger partial charge on any atom is -0.463 e. The summed E-state index contributed by atoms with van der Waals surface area (Å²) in [6.07, 6.45) is -6.24. The van der Waals surface area contributed by atoms with Crippen LogP contribution in [-0.2, 0) is 47.7 Å². The summed E-state index contributed by atoms with van der Waals surface area (Å²) in [6.45, 7) is 5.58. The molecule has 11 nitrogen and oxygen atoms in total. The molecular weight excluding hydrogens is 446 g/mol. The van der Waals surface area contributed by atoms with Crippen molar-refractivity contribution in [3.63, 3.8) is 0 Å². The third-order valence-electron chi connectivity index (χ3n) is 4.81. The first-order valence-electron chi connectivity index (χ1n) is 10.2. The van der Waals surface area contributed by atoms with Gasteiger partial charge in [0.2, 0.25) is 0 Å². The minimum absolute atomic E-state index is 0.105. The van der Waals surface area contributed by atoms with Gasteiger partial charge in [0.1, 0.15) is 12.7 Å². The molecule has 2 aliphatic heterocycles. The number of nitrogens with zero attached hydrogens (tertiary/aromatic N) is 1. The SMILES string of the molecule is CC(=O)OC[C@H]1O[C@H](C(=O)CCN2CCSC2)[C@H](OC(C)=O)[C@@H](OC(C)=O)[C@@H]1OC(C)=O. The van der Waals surface area contributed by atoms with Crippen LogP contribution < -0.4 is 0 Å². The molecule has 0 N–H and O–H groups in total. The third kappa shape index (κ3) is 7.75. The maximum atomic E-state index is 13.1. The molecular formula is C20H29NO10S. The number of thioether (sulfide) groups is 1. The first-order valence-corrected chi connectivity index (χ1v) is 11.4. The molecule has 0 aromatic heterocycles. The Balaban J connectivity index is 2.33. The van der Waals surface area contributed by atoms with E-state index in [1.807, 2.05) is 0 Å². The Labute approximate surface area is 190 Å². The molecule has 2 fully saturated rings. The fourth-order valence-electron chi connectivity index (χ4n) is 3.53. The number of Topliss-reactive ketones (excluding diaryl/α,β-unsaturated/α-hetero) is 1. The Hall–Kier alpha value is -2.18. The molecule has 32 heavy (non-hydrogen) atoms.